The lowest BCUT2D eigenvalue weighted by Gasteiger charge is -2.36. The average molecular weight is 407 g/mol. The van der Waals surface area contributed by atoms with Crippen molar-refractivity contribution in [1.29, 1.82) is 0 Å². The number of nitrogens with one attached hydrogen (secondary N) is 1. The first kappa shape index (κ1) is 21.0. The van der Waals surface area contributed by atoms with Crippen molar-refractivity contribution in [3.05, 3.63) is 47.4 Å². The average Bonchev–Trinajstić information content (AvgIpc) is 3.12. The number of aryl methyl sites for hydroxylation is 1. The van der Waals surface area contributed by atoms with E-state index in [1.165, 1.54) is 6.07 Å². The van der Waals surface area contributed by atoms with Crippen molar-refractivity contribution in [3.8, 4) is 5.75 Å². The lowest BCUT2D eigenvalue weighted by atomic mass is 10.3. The molecule has 0 amide bonds. The Balaban J connectivity index is 1.46. The highest BCUT2D eigenvalue weighted by molar-refractivity contribution is 5.80. The molecule has 1 aliphatic rings. The second-order valence-corrected chi connectivity index (χ2v) is 6.85. The van der Waals surface area contributed by atoms with Gasteiger partial charge in [-0.25, -0.2) is 13.8 Å². The second kappa shape index (κ2) is 10.2. The van der Waals surface area contributed by atoms with Gasteiger partial charge in [0.15, 0.2) is 17.6 Å². The molecule has 29 heavy (non-hydrogen) atoms. The number of hydrogen-bond acceptors (Lipinski definition) is 5. The summed E-state index contributed by atoms with van der Waals surface area (Å²) in [6.07, 6.45) is 0. The van der Waals surface area contributed by atoms with E-state index in [0.29, 0.717) is 12.3 Å². The van der Waals surface area contributed by atoms with Crippen molar-refractivity contribution in [1.82, 2.24) is 20.3 Å². The van der Waals surface area contributed by atoms with E-state index in [0.717, 1.165) is 68.8 Å². The van der Waals surface area contributed by atoms with Gasteiger partial charge in [-0.05, 0) is 26.0 Å². The fourth-order valence-electron chi connectivity index (χ4n) is 3.15. The third-order valence-electron chi connectivity index (χ3n) is 4.58. The lowest BCUT2D eigenvalue weighted by molar-refractivity contribution is 0.168. The maximum absolute atomic E-state index is 13.2. The molecule has 1 saturated heterocycles. The molecule has 1 aromatic carbocycles. The molecular formula is C20H27F2N5O2. The van der Waals surface area contributed by atoms with Gasteiger partial charge in [0.1, 0.15) is 18.1 Å². The Morgan fingerprint density at radius 1 is 1.21 bits per heavy atom. The first-order valence-corrected chi connectivity index (χ1v) is 9.81. The first-order valence-electron chi connectivity index (χ1n) is 9.81. The summed E-state index contributed by atoms with van der Waals surface area (Å²) in [6.45, 7) is 9.68. The number of piperazine rings is 1. The molecule has 0 bridgehead atoms. The van der Waals surface area contributed by atoms with Gasteiger partial charge in [-0.15, -0.1) is 0 Å². The molecule has 0 unspecified atom stereocenters. The summed E-state index contributed by atoms with van der Waals surface area (Å²) in [4.78, 5) is 9.15. The number of aromatic nitrogens is 1. The summed E-state index contributed by atoms with van der Waals surface area (Å²) in [5.74, 6) is 0.144. The van der Waals surface area contributed by atoms with Gasteiger partial charge in [0.05, 0.1) is 12.2 Å². The van der Waals surface area contributed by atoms with Crippen LogP contribution in [0, 0.1) is 18.6 Å². The Morgan fingerprint density at radius 3 is 2.66 bits per heavy atom. The van der Waals surface area contributed by atoms with Crippen molar-refractivity contribution >= 4 is 5.96 Å². The zero-order valence-corrected chi connectivity index (χ0v) is 16.8. The Labute approximate surface area is 169 Å². The number of aliphatic imine (C=N–C) groups is 1. The van der Waals surface area contributed by atoms with E-state index in [1.807, 2.05) is 19.9 Å². The van der Waals surface area contributed by atoms with Gasteiger partial charge in [-0.2, -0.15) is 0 Å². The molecule has 158 valence electrons. The standard InChI is InChI=1S/C20H27F2N5O2/c1-3-23-20(24-6-11-28-17-4-5-18(21)19(22)13-17)27-9-7-26(8-10-27)14-16-12-15(2)29-25-16/h4-5,12-13H,3,6-11,14H2,1-2H3,(H,23,24). The molecule has 3 rings (SSSR count). The summed E-state index contributed by atoms with van der Waals surface area (Å²) in [7, 11) is 0. The molecule has 2 heterocycles. The minimum Gasteiger partial charge on any atom is -0.492 e. The SMILES string of the molecule is CCNC(=NCCOc1ccc(F)c(F)c1)N1CCN(Cc2cc(C)on2)CC1. The number of halogens is 2. The Morgan fingerprint density at radius 2 is 2.00 bits per heavy atom. The fourth-order valence-corrected chi connectivity index (χ4v) is 3.15. The highest BCUT2D eigenvalue weighted by Crippen LogP contribution is 2.15. The van der Waals surface area contributed by atoms with Crippen molar-refractivity contribution < 1.29 is 18.0 Å². The normalized spacial score (nSPS) is 15.6. The van der Waals surface area contributed by atoms with Crippen LogP contribution >= 0.6 is 0 Å². The predicted molar refractivity (Wildman–Crippen MR) is 106 cm³/mol. The summed E-state index contributed by atoms with van der Waals surface area (Å²) in [5, 5.41) is 7.35. The van der Waals surface area contributed by atoms with E-state index in [2.05, 4.69) is 25.3 Å². The van der Waals surface area contributed by atoms with E-state index >= 15 is 0 Å². The van der Waals surface area contributed by atoms with Gasteiger partial charge in [0.2, 0.25) is 0 Å². The van der Waals surface area contributed by atoms with Crippen LogP contribution < -0.4 is 10.1 Å². The summed E-state index contributed by atoms with van der Waals surface area (Å²) in [5.41, 5.74) is 0.950. The van der Waals surface area contributed by atoms with Crippen molar-refractivity contribution in [2.45, 2.75) is 20.4 Å². The molecule has 9 heteroatoms. The number of nitrogens with zero attached hydrogens (tertiary/aromatic N) is 4. The number of benzene rings is 1. The van der Waals surface area contributed by atoms with Crippen LogP contribution in [0.25, 0.3) is 0 Å². The third kappa shape index (κ3) is 6.15. The highest BCUT2D eigenvalue weighted by atomic mass is 19.2. The molecule has 0 atom stereocenters. The number of guanidine groups is 1. The molecule has 2 aromatic rings. The molecule has 1 aromatic heterocycles. The number of ether oxygens (including phenoxy) is 1. The van der Waals surface area contributed by atoms with E-state index in [1.54, 1.807) is 0 Å². The molecule has 0 spiro atoms. The van der Waals surface area contributed by atoms with Crippen LogP contribution in [0.2, 0.25) is 0 Å². The summed E-state index contributed by atoms with van der Waals surface area (Å²) in [6, 6.07) is 5.46. The Kier molecular flexibility index (Phi) is 7.40. The highest BCUT2D eigenvalue weighted by Gasteiger charge is 2.20. The van der Waals surface area contributed by atoms with Crippen molar-refractivity contribution in [3.63, 3.8) is 0 Å². The van der Waals surface area contributed by atoms with Crippen LogP contribution in [0.15, 0.2) is 33.8 Å². The first-order chi connectivity index (χ1) is 14.0. The smallest absolute Gasteiger partial charge is 0.194 e. The monoisotopic (exact) mass is 407 g/mol. The van der Waals surface area contributed by atoms with Crippen LogP contribution in [0.4, 0.5) is 8.78 Å². The second-order valence-electron chi connectivity index (χ2n) is 6.85. The maximum Gasteiger partial charge on any atom is 0.194 e. The molecule has 0 aliphatic carbocycles. The third-order valence-corrected chi connectivity index (χ3v) is 4.58. The molecule has 1 N–H and O–H groups in total. The number of hydrogen-bond donors (Lipinski definition) is 1. The zero-order valence-electron chi connectivity index (χ0n) is 16.8. The largest absolute Gasteiger partial charge is 0.492 e. The van der Waals surface area contributed by atoms with E-state index in [-0.39, 0.29) is 6.61 Å². The van der Waals surface area contributed by atoms with Crippen LogP contribution in [0.5, 0.6) is 5.75 Å². The predicted octanol–water partition coefficient (Wildman–Crippen LogP) is 2.42. The topological polar surface area (TPSA) is 66.1 Å². The van der Waals surface area contributed by atoms with E-state index < -0.39 is 11.6 Å². The quantitative estimate of drug-likeness (QED) is 0.432. The van der Waals surface area contributed by atoms with E-state index in [9.17, 15) is 8.78 Å². The molecule has 7 nitrogen and oxygen atoms in total. The van der Waals surface area contributed by atoms with Crippen LogP contribution in [0.1, 0.15) is 18.4 Å². The van der Waals surface area contributed by atoms with E-state index in [4.69, 9.17) is 9.26 Å². The molecule has 0 radical (unpaired) electrons. The summed E-state index contributed by atoms with van der Waals surface area (Å²) < 4.78 is 36.8. The van der Waals surface area contributed by atoms with Gasteiger partial charge in [0, 0.05) is 51.4 Å². The fraction of sp³-hybridized carbons (Fsp3) is 0.500. The molecule has 1 aliphatic heterocycles. The Hall–Kier alpha value is -2.68. The van der Waals surface area contributed by atoms with Gasteiger partial charge in [0.25, 0.3) is 0 Å². The zero-order chi connectivity index (χ0) is 20.6. The van der Waals surface area contributed by atoms with Crippen molar-refractivity contribution in [2.75, 3.05) is 45.9 Å². The van der Waals surface area contributed by atoms with Gasteiger partial charge < -0.3 is 19.5 Å². The minimum atomic E-state index is -0.919. The molecule has 1 fully saturated rings. The van der Waals surface area contributed by atoms with Crippen LogP contribution in [-0.2, 0) is 6.54 Å². The molecule has 0 saturated carbocycles. The maximum atomic E-state index is 13.2. The van der Waals surface area contributed by atoms with Crippen LogP contribution in [-0.4, -0.2) is 66.8 Å². The van der Waals surface area contributed by atoms with Gasteiger partial charge in [-0.1, -0.05) is 5.16 Å². The van der Waals surface area contributed by atoms with Gasteiger partial charge in [-0.3, -0.25) is 4.90 Å². The number of rotatable bonds is 7. The summed E-state index contributed by atoms with van der Waals surface area (Å²) >= 11 is 0. The van der Waals surface area contributed by atoms with Gasteiger partial charge >= 0.3 is 0 Å². The minimum absolute atomic E-state index is 0.283. The van der Waals surface area contributed by atoms with Crippen molar-refractivity contribution in [2.24, 2.45) is 4.99 Å². The van der Waals surface area contributed by atoms with Crippen LogP contribution in [0.3, 0.4) is 0 Å². The Bertz CT molecular complexity index is 819. The lowest BCUT2D eigenvalue weighted by Crippen LogP contribution is -2.52. The molecular weight excluding hydrogens is 380 g/mol.